The molecule has 16 heavy (non-hydrogen) atoms. The third-order valence-electron chi connectivity index (χ3n) is 3.12. The van der Waals surface area contributed by atoms with Crippen molar-refractivity contribution in [2.75, 3.05) is 39.9 Å². The molecule has 98 valence electrons. The van der Waals surface area contributed by atoms with Crippen molar-refractivity contribution >= 4 is 0 Å². The second kappa shape index (κ2) is 11.4. The Hall–Kier alpha value is -0.120. The van der Waals surface area contributed by atoms with Gasteiger partial charge < -0.3 is 10.5 Å². The Labute approximate surface area is 101 Å². The van der Waals surface area contributed by atoms with E-state index in [4.69, 9.17) is 10.5 Å². The number of hydrogen-bond acceptors (Lipinski definition) is 3. The molecule has 0 saturated heterocycles. The molecule has 0 saturated carbocycles. The molecule has 0 aliphatic rings. The SMILES string of the molecule is CCCCC(CC)CN(CCN)CCOC. The van der Waals surface area contributed by atoms with Crippen LogP contribution in [-0.4, -0.2) is 44.8 Å². The summed E-state index contributed by atoms with van der Waals surface area (Å²) in [6, 6.07) is 0. The maximum atomic E-state index is 5.64. The molecule has 0 amide bonds. The van der Waals surface area contributed by atoms with Gasteiger partial charge in [-0.15, -0.1) is 0 Å². The predicted molar refractivity (Wildman–Crippen MR) is 70.7 cm³/mol. The molecule has 0 aliphatic heterocycles. The zero-order chi connectivity index (χ0) is 12.2. The van der Waals surface area contributed by atoms with E-state index in [0.717, 1.165) is 32.2 Å². The molecule has 0 aromatic carbocycles. The van der Waals surface area contributed by atoms with Crippen LogP contribution in [0.3, 0.4) is 0 Å². The van der Waals surface area contributed by atoms with Gasteiger partial charge >= 0.3 is 0 Å². The molecule has 3 heteroatoms. The highest BCUT2D eigenvalue weighted by atomic mass is 16.5. The molecule has 0 heterocycles. The fourth-order valence-electron chi connectivity index (χ4n) is 1.98. The average Bonchev–Trinajstić information content (AvgIpc) is 2.31. The Kier molecular flexibility index (Phi) is 11.3. The van der Waals surface area contributed by atoms with E-state index in [1.165, 1.54) is 32.2 Å². The first-order valence-electron chi connectivity index (χ1n) is 6.69. The van der Waals surface area contributed by atoms with Gasteiger partial charge in [0.1, 0.15) is 0 Å². The third kappa shape index (κ3) is 8.08. The van der Waals surface area contributed by atoms with Crippen molar-refractivity contribution < 1.29 is 4.74 Å². The molecule has 0 fully saturated rings. The lowest BCUT2D eigenvalue weighted by atomic mass is 9.99. The van der Waals surface area contributed by atoms with Crippen molar-refractivity contribution in [3.63, 3.8) is 0 Å². The van der Waals surface area contributed by atoms with Gasteiger partial charge in [0.05, 0.1) is 6.61 Å². The van der Waals surface area contributed by atoms with E-state index in [2.05, 4.69) is 18.7 Å². The van der Waals surface area contributed by atoms with Crippen LogP contribution in [0.2, 0.25) is 0 Å². The summed E-state index contributed by atoms with van der Waals surface area (Å²) in [5.74, 6) is 0.823. The van der Waals surface area contributed by atoms with Crippen LogP contribution in [0, 0.1) is 5.92 Å². The monoisotopic (exact) mass is 230 g/mol. The van der Waals surface area contributed by atoms with Gasteiger partial charge in [0.25, 0.3) is 0 Å². The number of methoxy groups -OCH3 is 1. The molecule has 0 rings (SSSR count). The van der Waals surface area contributed by atoms with Crippen molar-refractivity contribution in [2.24, 2.45) is 11.7 Å². The zero-order valence-electron chi connectivity index (χ0n) is 11.4. The first kappa shape index (κ1) is 15.9. The maximum absolute atomic E-state index is 5.64. The van der Waals surface area contributed by atoms with Crippen molar-refractivity contribution in [1.29, 1.82) is 0 Å². The topological polar surface area (TPSA) is 38.5 Å². The molecule has 2 N–H and O–H groups in total. The Bertz CT molecular complexity index is 142. The highest BCUT2D eigenvalue weighted by Gasteiger charge is 2.11. The normalized spacial score (nSPS) is 13.3. The standard InChI is InChI=1S/C13H30N2O/c1-4-6-7-13(5-2)12-15(9-8-14)10-11-16-3/h13H,4-12,14H2,1-3H3. The number of unbranched alkanes of at least 4 members (excludes halogenated alkanes) is 1. The molecule has 0 aliphatic carbocycles. The lowest BCUT2D eigenvalue weighted by Crippen LogP contribution is -2.36. The zero-order valence-corrected chi connectivity index (χ0v) is 11.4. The number of nitrogens with two attached hydrogens (primary N) is 1. The molecule has 0 bridgehead atoms. The van der Waals surface area contributed by atoms with Gasteiger partial charge in [-0.05, 0) is 12.3 Å². The van der Waals surface area contributed by atoms with Crippen molar-refractivity contribution in [3.8, 4) is 0 Å². The lowest BCUT2D eigenvalue weighted by Gasteiger charge is -2.26. The predicted octanol–water partition coefficient (Wildman–Crippen LogP) is 2.11. The van der Waals surface area contributed by atoms with Crippen LogP contribution >= 0.6 is 0 Å². The van der Waals surface area contributed by atoms with Gasteiger partial charge in [-0.2, -0.15) is 0 Å². The molecule has 3 nitrogen and oxygen atoms in total. The van der Waals surface area contributed by atoms with Gasteiger partial charge in [-0.25, -0.2) is 0 Å². The quantitative estimate of drug-likeness (QED) is 0.591. The van der Waals surface area contributed by atoms with E-state index in [-0.39, 0.29) is 0 Å². The Morgan fingerprint density at radius 3 is 2.50 bits per heavy atom. The first-order chi connectivity index (χ1) is 7.78. The average molecular weight is 230 g/mol. The van der Waals surface area contributed by atoms with Gasteiger partial charge in [-0.1, -0.05) is 33.1 Å². The van der Waals surface area contributed by atoms with Crippen molar-refractivity contribution in [1.82, 2.24) is 4.90 Å². The summed E-state index contributed by atoms with van der Waals surface area (Å²) in [6.45, 7) is 9.28. The van der Waals surface area contributed by atoms with Crippen LogP contribution in [0.15, 0.2) is 0 Å². The van der Waals surface area contributed by atoms with Crippen molar-refractivity contribution in [3.05, 3.63) is 0 Å². The molecule has 0 aromatic rings. The van der Waals surface area contributed by atoms with Crippen LogP contribution in [0.1, 0.15) is 39.5 Å². The van der Waals surface area contributed by atoms with E-state index in [9.17, 15) is 0 Å². The smallest absolute Gasteiger partial charge is 0.0589 e. The molecule has 0 radical (unpaired) electrons. The summed E-state index contributed by atoms with van der Waals surface area (Å²) in [6.07, 6.45) is 5.26. The maximum Gasteiger partial charge on any atom is 0.0589 e. The van der Waals surface area contributed by atoms with E-state index < -0.39 is 0 Å². The summed E-state index contributed by atoms with van der Waals surface area (Å²) in [7, 11) is 1.76. The highest BCUT2D eigenvalue weighted by Crippen LogP contribution is 2.14. The van der Waals surface area contributed by atoms with E-state index in [0.29, 0.717) is 0 Å². The lowest BCUT2D eigenvalue weighted by molar-refractivity contribution is 0.135. The van der Waals surface area contributed by atoms with Gasteiger partial charge in [0.2, 0.25) is 0 Å². The van der Waals surface area contributed by atoms with Crippen LogP contribution in [-0.2, 0) is 4.74 Å². The molecule has 0 spiro atoms. The largest absolute Gasteiger partial charge is 0.383 e. The van der Waals surface area contributed by atoms with Crippen LogP contribution in [0.4, 0.5) is 0 Å². The number of hydrogen-bond donors (Lipinski definition) is 1. The van der Waals surface area contributed by atoms with Crippen molar-refractivity contribution in [2.45, 2.75) is 39.5 Å². The number of rotatable bonds is 11. The molecular formula is C13H30N2O. The van der Waals surface area contributed by atoms with Crippen LogP contribution < -0.4 is 5.73 Å². The van der Waals surface area contributed by atoms with Crippen LogP contribution in [0.5, 0.6) is 0 Å². The fraction of sp³-hybridized carbons (Fsp3) is 1.00. The summed E-state index contributed by atoms with van der Waals surface area (Å²) in [5.41, 5.74) is 5.64. The Balaban J connectivity index is 3.90. The third-order valence-corrected chi connectivity index (χ3v) is 3.12. The van der Waals surface area contributed by atoms with Gasteiger partial charge in [0.15, 0.2) is 0 Å². The minimum Gasteiger partial charge on any atom is -0.383 e. The highest BCUT2D eigenvalue weighted by molar-refractivity contribution is 4.66. The fourth-order valence-corrected chi connectivity index (χ4v) is 1.98. The summed E-state index contributed by atoms with van der Waals surface area (Å²) < 4.78 is 5.13. The minimum absolute atomic E-state index is 0.744. The van der Waals surface area contributed by atoms with E-state index in [1.807, 2.05) is 0 Å². The molecule has 1 unspecified atom stereocenters. The second-order valence-electron chi connectivity index (χ2n) is 4.50. The summed E-state index contributed by atoms with van der Waals surface area (Å²) >= 11 is 0. The van der Waals surface area contributed by atoms with Gasteiger partial charge in [0, 0.05) is 33.3 Å². The summed E-state index contributed by atoms with van der Waals surface area (Å²) in [5, 5.41) is 0. The summed E-state index contributed by atoms with van der Waals surface area (Å²) in [4.78, 5) is 2.44. The van der Waals surface area contributed by atoms with E-state index >= 15 is 0 Å². The molecule has 0 aromatic heterocycles. The number of nitrogens with zero attached hydrogens (tertiary/aromatic N) is 1. The van der Waals surface area contributed by atoms with Crippen LogP contribution in [0.25, 0.3) is 0 Å². The number of ether oxygens (including phenoxy) is 1. The van der Waals surface area contributed by atoms with Gasteiger partial charge in [-0.3, -0.25) is 4.90 Å². The molecular weight excluding hydrogens is 200 g/mol. The Morgan fingerprint density at radius 1 is 1.25 bits per heavy atom. The molecule has 1 atom stereocenters. The Morgan fingerprint density at radius 2 is 2.00 bits per heavy atom. The van der Waals surface area contributed by atoms with E-state index in [1.54, 1.807) is 7.11 Å². The minimum atomic E-state index is 0.744. The first-order valence-corrected chi connectivity index (χ1v) is 6.69. The second-order valence-corrected chi connectivity index (χ2v) is 4.50.